The molecule has 1 unspecified atom stereocenters. The lowest BCUT2D eigenvalue weighted by atomic mass is 10.3. The summed E-state index contributed by atoms with van der Waals surface area (Å²) in [6.07, 6.45) is 7.79. The van der Waals surface area contributed by atoms with Gasteiger partial charge in [0.25, 0.3) is 5.91 Å². The maximum Gasteiger partial charge on any atom is 0.258 e. The van der Waals surface area contributed by atoms with Gasteiger partial charge >= 0.3 is 0 Å². The predicted octanol–water partition coefficient (Wildman–Crippen LogP) is 0.240. The first-order chi connectivity index (χ1) is 9.13. The molecule has 7 nitrogen and oxygen atoms in total. The van der Waals surface area contributed by atoms with E-state index in [1.807, 2.05) is 6.92 Å². The lowest BCUT2D eigenvalue weighted by molar-refractivity contribution is -0.114. The van der Waals surface area contributed by atoms with Gasteiger partial charge in [0.1, 0.15) is 0 Å². The van der Waals surface area contributed by atoms with Crippen LogP contribution >= 0.6 is 0 Å². The van der Waals surface area contributed by atoms with E-state index in [4.69, 9.17) is 0 Å². The van der Waals surface area contributed by atoms with Gasteiger partial charge in [0.2, 0.25) is 0 Å². The van der Waals surface area contributed by atoms with Crippen LogP contribution in [0.2, 0.25) is 0 Å². The van der Waals surface area contributed by atoms with E-state index in [9.17, 15) is 9.00 Å². The Kier molecular flexibility index (Phi) is 2.71. The zero-order valence-corrected chi connectivity index (χ0v) is 10.7. The maximum atomic E-state index is 11.6. The molecule has 19 heavy (non-hydrogen) atoms. The number of hydrogen-bond acceptors (Lipinski definition) is 5. The van der Waals surface area contributed by atoms with Gasteiger partial charge in [0, 0.05) is 24.0 Å². The second-order valence-electron chi connectivity index (χ2n) is 3.93. The van der Waals surface area contributed by atoms with Gasteiger partial charge in [-0.3, -0.25) is 19.5 Å². The summed E-state index contributed by atoms with van der Waals surface area (Å²) in [7, 11) is -1.56. The summed E-state index contributed by atoms with van der Waals surface area (Å²) in [4.78, 5) is 19.5. The highest BCUT2D eigenvalue weighted by Gasteiger charge is 2.22. The third-order valence-electron chi connectivity index (χ3n) is 2.52. The molecule has 8 heteroatoms. The zero-order chi connectivity index (χ0) is 13.4. The fourth-order valence-corrected chi connectivity index (χ4v) is 2.44. The van der Waals surface area contributed by atoms with Crippen LogP contribution in [-0.2, 0) is 15.8 Å². The topological polar surface area (TPSA) is 89.8 Å². The first-order valence-corrected chi connectivity index (χ1v) is 6.56. The minimum atomic E-state index is -1.56. The van der Waals surface area contributed by atoms with Crippen LogP contribution in [0.25, 0.3) is 16.3 Å². The highest BCUT2D eigenvalue weighted by molar-refractivity contribution is 7.93. The number of aryl methyl sites for hydroxylation is 1. The molecule has 0 spiro atoms. The monoisotopic (exact) mass is 275 g/mol. The Labute approximate surface area is 111 Å². The van der Waals surface area contributed by atoms with E-state index < -0.39 is 11.0 Å². The number of carbonyl (C=O) groups is 1. The van der Waals surface area contributed by atoms with E-state index in [-0.39, 0.29) is 5.91 Å². The van der Waals surface area contributed by atoms with Gasteiger partial charge in [-0.1, -0.05) is 0 Å². The minimum Gasteiger partial charge on any atom is -0.269 e. The highest BCUT2D eigenvalue weighted by atomic mass is 32.2. The first kappa shape index (κ1) is 11.7. The van der Waals surface area contributed by atoms with Crippen LogP contribution in [0, 0.1) is 6.92 Å². The summed E-state index contributed by atoms with van der Waals surface area (Å²) in [6.45, 7) is 1.85. The third-order valence-corrected chi connectivity index (χ3v) is 3.59. The van der Waals surface area contributed by atoms with Gasteiger partial charge in [-0.15, -0.1) is 0 Å². The standard InChI is InChI=1S/C11H9N5O2S/c1-7-3-13-9(5-12-7)8-4-14-16(6-8)11-2-10(17)15-19(11)18/h2-6H,1H3,(H,15,17). The van der Waals surface area contributed by atoms with Gasteiger partial charge in [-0.2, -0.15) is 5.10 Å². The molecule has 1 atom stereocenters. The van der Waals surface area contributed by atoms with Gasteiger partial charge in [-0.05, 0) is 6.92 Å². The minimum absolute atomic E-state index is 0.302. The Bertz CT molecular complexity index is 704. The fraction of sp³-hybridized carbons (Fsp3) is 0.0909. The number of hydrogen-bond donors (Lipinski definition) is 1. The van der Waals surface area contributed by atoms with Crippen molar-refractivity contribution >= 4 is 21.9 Å². The molecule has 0 fully saturated rings. The molecule has 0 aliphatic carbocycles. The summed E-state index contributed by atoms with van der Waals surface area (Å²) in [5, 5.41) is 4.38. The van der Waals surface area contributed by atoms with Crippen molar-refractivity contribution in [1.29, 1.82) is 0 Å². The van der Waals surface area contributed by atoms with E-state index >= 15 is 0 Å². The van der Waals surface area contributed by atoms with Crippen LogP contribution in [0.4, 0.5) is 0 Å². The lowest BCUT2D eigenvalue weighted by Gasteiger charge is -1.99. The van der Waals surface area contributed by atoms with E-state index in [2.05, 4.69) is 19.8 Å². The zero-order valence-electron chi connectivity index (χ0n) is 9.90. The average Bonchev–Trinajstić information content (AvgIpc) is 2.97. The van der Waals surface area contributed by atoms with E-state index in [0.717, 1.165) is 11.3 Å². The van der Waals surface area contributed by atoms with Crippen molar-refractivity contribution in [2.75, 3.05) is 0 Å². The predicted molar refractivity (Wildman–Crippen MR) is 68.5 cm³/mol. The fourth-order valence-electron chi connectivity index (χ4n) is 1.61. The summed E-state index contributed by atoms with van der Waals surface area (Å²) in [5.74, 6) is -0.388. The van der Waals surface area contributed by atoms with Crippen LogP contribution in [0.5, 0.6) is 0 Å². The smallest absolute Gasteiger partial charge is 0.258 e. The van der Waals surface area contributed by atoms with Gasteiger partial charge in [-0.25, -0.2) is 8.89 Å². The Hall–Kier alpha value is -2.35. The lowest BCUT2D eigenvalue weighted by Crippen LogP contribution is -2.17. The van der Waals surface area contributed by atoms with Gasteiger partial charge in [0.15, 0.2) is 16.0 Å². The first-order valence-electron chi connectivity index (χ1n) is 5.41. The second kappa shape index (κ2) is 4.39. The summed E-state index contributed by atoms with van der Waals surface area (Å²) in [6, 6.07) is 0. The number of carbonyl (C=O) groups excluding carboxylic acids is 1. The summed E-state index contributed by atoms with van der Waals surface area (Å²) in [5.41, 5.74) is 2.23. The van der Waals surface area contributed by atoms with E-state index in [1.165, 1.54) is 10.8 Å². The van der Waals surface area contributed by atoms with Crippen molar-refractivity contribution in [3.8, 4) is 11.3 Å². The number of rotatable bonds is 2. The largest absolute Gasteiger partial charge is 0.269 e. The molecule has 0 radical (unpaired) electrons. The molecule has 3 rings (SSSR count). The molecule has 0 bridgehead atoms. The van der Waals surface area contributed by atoms with Gasteiger partial charge in [0.05, 0.1) is 23.8 Å². The van der Waals surface area contributed by atoms with Crippen molar-refractivity contribution in [2.45, 2.75) is 6.92 Å². The van der Waals surface area contributed by atoms with Crippen LogP contribution in [0.1, 0.15) is 5.69 Å². The molecule has 2 aromatic heterocycles. The molecular weight excluding hydrogens is 266 g/mol. The molecule has 2 aromatic rings. The van der Waals surface area contributed by atoms with Crippen LogP contribution in [-0.4, -0.2) is 29.9 Å². The van der Waals surface area contributed by atoms with Crippen molar-refractivity contribution in [3.05, 3.63) is 36.6 Å². The molecule has 1 aliphatic heterocycles. The molecule has 0 saturated heterocycles. The molecule has 0 saturated carbocycles. The molecule has 96 valence electrons. The molecule has 1 amide bonds. The second-order valence-corrected chi connectivity index (χ2v) is 5.09. The van der Waals surface area contributed by atoms with E-state index in [1.54, 1.807) is 24.8 Å². The van der Waals surface area contributed by atoms with Crippen LogP contribution < -0.4 is 4.72 Å². The van der Waals surface area contributed by atoms with Crippen LogP contribution in [0.3, 0.4) is 0 Å². The van der Waals surface area contributed by atoms with E-state index in [0.29, 0.717) is 10.7 Å². The average molecular weight is 275 g/mol. The molecule has 1 aliphatic rings. The Morgan fingerprint density at radius 3 is 2.74 bits per heavy atom. The quantitative estimate of drug-likeness (QED) is 0.848. The Balaban J connectivity index is 1.96. The number of nitrogens with zero attached hydrogens (tertiary/aromatic N) is 4. The molecule has 3 heterocycles. The number of nitrogens with one attached hydrogen (secondary N) is 1. The van der Waals surface area contributed by atoms with Gasteiger partial charge < -0.3 is 0 Å². The summed E-state index contributed by atoms with van der Waals surface area (Å²) < 4.78 is 15.3. The molecule has 1 N–H and O–H groups in total. The van der Waals surface area contributed by atoms with Crippen molar-refractivity contribution < 1.29 is 9.00 Å². The van der Waals surface area contributed by atoms with Crippen molar-refractivity contribution in [3.63, 3.8) is 0 Å². The summed E-state index contributed by atoms with van der Waals surface area (Å²) >= 11 is 0. The molecular formula is C11H9N5O2S. The highest BCUT2D eigenvalue weighted by Crippen LogP contribution is 2.19. The third kappa shape index (κ3) is 2.17. The number of amides is 1. The normalized spacial score (nSPS) is 18.3. The van der Waals surface area contributed by atoms with Crippen molar-refractivity contribution in [1.82, 2.24) is 24.5 Å². The molecule has 0 aromatic carbocycles. The van der Waals surface area contributed by atoms with Crippen LogP contribution in [0.15, 0.2) is 30.9 Å². The number of aromatic nitrogens is 4. The Morgan fingerprint density at radius 1 is 1.26 bits per heavy atom. The Morgan fingerprint density at radius 2 is 2.11 bits per heavy atom. The maximum absolute atomic E-state index is 11.6. The van der Waals surface area contributed by atoms with Crippen molar-refractivity contribution in [2.24, 2.45) is 0 Å². The SMILES string of the molecule is Cc1cnc(-c2cnn(C3=CC(=O)NS3=O)c2)cn1.